The van der Waals surface area contributed by atoms with Gasteiger partial charge in [0.15, 0.2) is 5.78 Å². The highest BCUT2D eigenvalue weighted by Gasteiger charge is 2.01. The average molecular weight is 335 g/mol. The Morgan fingerprint density at radius 1 is 1.28 bits per heavy atom. The third kappa shape index (κ3) is 7.11. The molecule has 128 valence electrons. The Balaban J connectivity index is 1.72. The molecule has 1 aliphatic carbocycles. The van der Waals surface area contributed by atoms with Gasteiger partial charge in [0.25, 0.3) is 0 Å². The number of aliphatic hydroxyl groups excluding tert-OH is 1. The number of allylic oxidation sites excluding steroid dienone is 5. The van der Waals surface area contributed by atoms with Crippen LogP contribution in [0.3, 0.4) is 0 Å². The summed E-state index contributed by atoms with van der Waals surface area (Å²) in [6.45, 7) is 0. The second-order valence-electron chi connectivity index (χ2n) is 5.77. The SMILES string of the molecule is O=Nc1ccc(CCC(=O)/C=C/CCC2=C/CC#CC(O)/C=C\2)cc1. The number of ketones is 1. The molecule has 2 rings (SSSR count). The van der Waals surface area contributed by atoms with Crippen molar-refractivity contribution in [2.75, 3.05) is 0 Å². The fourth-order valence-corrected chi connectivity index (χ4v) is 2.40. The molecule has 1 atom stereocenters. The number of carbonyl (C=O) groups excluding carboxylic acids is 1. The van der Waals surface area contributed by atoms with Crippen molar-refractivity contribution < 1.29 is 9.90 Å². The summed E-state index contributed by atoms with van der Waals surface area (Å²) in [6.07, 6.45) is 11.7. The van der Waals surface area contributed by atoms with E-state index in [1.807, 2.05) is 30.4 Å². The fourth-order valence-electron chi connectivity index (χ4n) is 2.40. The molecule has 0 aliphatic heterocycles. The van der Waals surface area contributed by atoms with Crippen molar-refractivity contribution in [3.63, 3.8) is 0 Å². The standard InChI is InChI=1S/C21H21NO3/c23-20-7-3-1-5-17(11-15-20)6-2-4-8-21(24)16-12-18-9-13-19(22-25)14-10-18/h4-5,8-11,13-15,20,23H,1-2,6,12,16H2/b8-4+,15-11-,17-5-. The molecule has 1 unspecified atom stereocenters. The summed E-state index contributed by atoms with van der Waals surface area (Å²) in [5.41, 5.74) is 2.53. The second-order valence-corrected chi connectivity index (χ2v) is 5.77. The number of nitrogens with zero attached hydrogens (tertiary/aromatic N) is 1. The molecule has 1 N–H and O–H groups in total. The molecular formula is C21H21NO3. The Hall–Kier alpha value is -2.77. The van der Waals surface area contributed by atoms with Gasteiger partial charge in [-0.2, -0.15) is 0 Å². The van der Waals surface area contributed by atoms with Crippen LogP contribution in [-0.2, 0) is 11.2 Å². The molecule has 0 saturated carbocycles. The van der Waals surface area contributed by atoms with Gasteiger partial charge in [0.05, 0.1) is 0 Å². The summed E-state index contributed by atoms with van der Waals surface area (Å²) in [5, 5.41) is 12.3. The molecule has 0 aromatic heterocycles. The molecule has 0 spiro atoms. The monoisotopic (exact) mass is 335 g/mol. The second kappa shape index (κ2) is 10.2. The van der Waals surface area contributed by atoms with Gasteiger partial charge in [-0.25, -0.2) is 0 Å². The van der Waals surface area contributed by atoms with Gasteiger partial charge in [-0.1, -0.05) is 47.8 Å². The minimum Gasteiger partial charge on any atom is -0.377 e. The van der Waals surface area contributed by atoms with Crippen LogP contribution in [0.25, 0.3) is 0 Å². The lowest BCUT2D eigenvalue weighted by Crippen LogP contribution is -1.98. The quantitative estimate of drug-likeness (QED) is 0.440. The predicted molar refractivity (Wildman–Crippen MR) is 99.2 cm³/mol. The largest absolute Gasteiger partial charge is 0.377 e. The van der Waals surface area contributed by atoms with Gasteiger partial charge < -0.3 is 5.11 Å². The number of benzene rings is 1. The fraction of sp³-hybridized carbons (Fsp3) is 0.286. The van der Waals surface area contributed by atoms with Crippen LogP contribution in [0, 0.1) is 16.7 Å². The van der Waals surface area contributed by atoms with Crippen molar-refractivity contribution >= 4 is 11.5 Å². The van der Waals surface area contributed by atoms with Crippen LogP contribution in [0.15, 0.2) is 65.4 Å². The summed E-state index contributed by atoms with van der Waals surface area (Å²) >= 11 is 0. The number of aryl methyl sites for hydroxylation is 1. The maximum Gasteiger partial charge on any atom is 0.155 e. The third-order valence-electron chi connectivity index (χ3n) is 3.81. The molecular weight excluding hydrogens is 314 g/mol. The molecule has 0 heterocycles. The van der Waals surface area contributed by atoms with Crippen molar-refractivity contribution in [2.24, 2.45) is 5.18 Å². The van der Waals surface area contributed by atoms with Crippen LogP contribution in [0.1, 0.15) is 31.2 Å². The molecule has 4 heteroatoms. The van der Waals surface area contributed by atoms with Gasteiger partial charge in [0.2, 0.25) is 0 Å². The first kappa shape index (κ1) is 18.6. The van der Waals surface area contributed by atoms with E-state index in [1.165, 1.54) is 0 Å². The van der Waals surface area contributed by atoms with Crippen LogP contribution in [0.5, 0.6) is 0 Å². The van der Waals surface area contributed by atoms with E-state index in [1.54, 1.807) is 24.3 Å². The summed E-state index contributed by atoms with van der Waals surface area (Å²) in [6, 6.07) is 6.94. The van der Waals surface area contributed by atoms with E-state index in [0.717, 1.165) is 24.0 Å². The Kier molecular flexibility index (Phi) is 7.55. The maximum atomic E-state index is 11.9. The first-order chi connectivity index (χ1) is 12.2. The highest BCUT2D eigenvalue weighted by molar-refractivity contribution is 5.89. The van der Waals surface area contributed by atoms with Crippen LogP contribution in [0.4, 0.5) is 5.69 Å². The molecule has 0 saturated heterocycles. The molecule has 0 amide bonds. The third-order valence-corrected chi connectivity index (χ3v) is 3.81. The number of hydrogen-bond donors (Lipinski definition) is 1. The normalized spacial score (nSPS) is 19.9. The van der Waals surface area contributed by atoms with Crippen molar-refractivity contribution in [3.05, 3.63) is 70.7 Å². The molecule has 1 aliphatic rings. The lowest BCUT2D eigenvalue weighted by Gasteiger charge is -2.03. The van der Waals surface area contributed by atoms with Crippen LogP contribution in [-0.4, -0.2) is 17.0 Å². The number of nitroso groups, excluding NO2 is 1. The summed E-state index contributed by atoms with van der Waals surface area (Å²) < 4.78 is 0. The van der Waals surface area contributed by atoms with Gasteiger partial charge in [-0.15, -0.1) is 4.91 Å². The van der Waals surface area contributed by atoms with Crippen molar-refractivity contribution in [2.45, 2.75) is 38.2 Å². The van der Waals surface area contributed by atoms with Gasteiger partial charge in [-0.05, 0) is 54.3 Å². The first-order valence-electron chi connectivity index (χ1n) is 8.33. The summed E-state index contributed by atoms with van der Waals surface area (Å²) in [4.78, 5) is 22.3. The molecule has 0 fully saturated rings. The van der Waals surface area contributed by atoms with Gasteiger partial charge in [-0.3, -0.25) is 4.79 Å². The Bertz CT molecular complexity index is 746. The van der Waals surface area contributed by atoms with E-state index in [2.05, 4.69) is 17.0 Å². The smallest absolute Gasteiger partial charge is 0.155 e. The van der Waals surface area contributed by atoms with Crippen LogP contribution >= 0.6 is 0 Å². The lowest BCUT2D eigenvalue weighted by atomic mass is 10.0. The van der Waals surface area contributed by atoms with Crippen molar-refractivity contribution in [1.82, 2.24) is 0 Å². The van der Waals surface area contributed by atoms with E-state index < -0.39 is 6.10 Å². The van der Waals surface area contributed by atoms with Gasteiger partial charge >= 0.3 is 0 Å². The molecule has 1 aromatic carbocycles. The van der Waals surface area contributed by atoms with E-state index in [0.29, 0.717) is 24.9 Å². The summed E-state index contributed by atoms with van der Waals surface area (Å²) in [7, 11) is 0. The Labute approximate surface area is 147 Å². The Morgan fingerprint density at radius 3 is 2.84 bits per heavy atom. The molecule has 4 nitrogen and oxygen atoms in total. The van der Waals surface area contributed by atoms with E-state index in [4.69, 9.17) is 0 Å². The van der Waals surface area contributed by atoms with Gasteiger partial charge in [0, 0.05) is 12.8 Å². The highest BCUT2D eigenvalue weighted by Crippen LogP contribution is 2.14. The highest BCUT2D eigenvalue weighted by atomic mass is 16.3. The van der Waals surface area contributed by atoms with E-state index in [9.17, 15) is 14.8 Å². The maximum absolute atomic E-state index is 11.9. The minimum absolute atomic E-state index is 0.0843. The van der Waals surface area contributed by atoms with E-state index >= 15 is 0 Å². The van der Waals surface area contributed by atoms with Crippen molar-refractivity contribution in [3.8, 4) is 11.8 Å². The molecule has 0 radical (unpaired) electrons. The average Bonchev–Trinajstić information content (AvgIpc) is 2.62. The number of carbonyl (C=O) groups is 1. The zero-order chi connectivity index (χ0) is 17.9. The first-order valence-corrected chi connectivity index (χ1v) is 8.33. The predicted octanol–water partition coefficient (Wildman–Crippen LogP) is 4.17. The minimum atomic E-state index is -0.697. The molecule has 25 heavy (non-hydrogen) atoms. The topological polar surface area (TPSA) is 66.7 Å². The van der Waals surface area contributed by atoms with Crippen LogP contribution in [0.2, 0.25) is 0 Å². The lowest BCUT2D eigenvalue weighted by molar-refractivity contribution is -0.114. The van der Waals surface area contributed by atoms with E-state index in [-0.39, 0.29) is 5.78 Å². The number of aliphatic hydroxyl groups is 1. The zero-order valence-corrected chi connectivity index (χ0v) is 14.0. The molecule has 0 bridgehead atoms. The molecule has 1 aromatic rings. The zero-order valence-electron chi connectivity index (χ0n) is 14.0. The number of hydrogen-bond acceptors (Lipinski definition) is 4. The van der Waals surface area contributed by atoms with Gasteiger partial charge in [0.1, 0.15) is 11.8 Å². The Morgan fingerprint density at radius 2 is 2.08 bits per heavy atom. The van der Waals surface area contributed by atoms with Crippen LogP contribution < -0.4 is 0 Å². The number of rotatable bonds is 8. The summed E-state index contributed by atoms with van der Waals surface area (Å²) in [5.74, 6) is 5.69. The van der Waals surface area contributed by atoms with Crippen molar-refractivity contribution in [1.29, 1.82) is 0 Å².